The Bertz CT molecular complexity index is 900. The van der Waals surface area contributed by atoms with E-state index in [1.807, 2.05) is 44.2 Å². The fourth-order valence-electron chi connectivity index (χ4n) is 3.08. The fraction of sp³-hybridized carbons (Fsp3) is 0.360. The molecule has 7 nitrogen and oxygen atoms in total. The van der Waals surface area contributed by atoms with E-state index in [1.54, 1.807) is 37.3 Å². The van der Waals surface area contributed by atoms with Crippen molar-refractivity contribution >= 4 is 24.0 Å². The van der Waals surface area contributed by atoms with Crippen LogP contribution >= 0.6 is 0 Å². The largest absolute Gasteiger partial charge is 0.345 e. The van der Waals surface area contributed by atoms with Crippen LogP contribution in [0.15, 0.2) is 60.7 Å². The van der Waals surface area contributed by atoms with Crippen LogP contribution in [0.1, 0.15) is 43.1 Å². The first-order valence-corrected chi connectivity index (χ1v) is 10.8. The van der Waals surface area contributed by atoms with Gasteiger partial charge in [0.1, 0.15) is 18.4 Å². The second-order valence-electron chi connectivity index (χ2n) is 8.06. The van der Waals surface area contributed by atoms with Gasteiger partial charge in [0, 0.05) is 5.56 Å². The van der Waals surface area contributed by atoms with Crippen molar-refractivity contribution in [2.45, 2.75) is 51.7 Å². The van der Waals surface area contributed by atoms with Gasteiger partial charge < -0.3 is 20.7 Å². The van der Waals surface area contributed by atoms with E-state index < -0.39 is 29.9 Å². The highest BCUT2D eigenvalue weighted by Gasteiger charge is 2.26. The summed E-state index contributed by atoms with van der Waals surface area (Å²) in [4.78, 5) is 49.2. The molecule has 0 fully saturated rings. The summed E-state index contributed by atoms with van der Waals surface area (Å²) in [5.74, 6) is -1.35. The third kappa shape index (κ3) is 7.65. The van der Waals surface area contributed by atoms with Crippen molar-refractivity contribution in [2.75, 3.05) is 0 Å². The molecule has 2 aromatic carbocycles. The smallest absolute Gasteiger partial charge is 0.251 e. The van der Waals surface area contributed by atoms with Crippen LogP contribution in [0, 0.1) is 5.92 Å². The third-order valence-electron chi connectivity index (χ3n) is 5.15. The van der Waals surface area contributed by atoms with Gasteiger partial charge in [-0.2, -0.15) is 0 Å². The molecule has 0 radical (unpaired) electrons. The number of hydrogen-bond donors (Lipinski definition) is 3. The maximum absolute atomic E-state index is 13.0. The van der Waals surface area contributed by atoms with Crippen molar-refractivity contribution in [3.8, 4) is 0 Å². The molecule has 0 heterocycles. The zero-order chi connectivity index (χ0) is 23.5. The first-order valence-electron chi connectivity index (χ1n) is 10.8. The second-order valence-corrected chi connectivity index (χ2v) is 8.06. The average molecular weight is 438 g/mol. The van der Waals surface area contributed by atoms with E-state index >= 15 is 0 Å². The average Bonchev–Trinajstić information content (AvgIpc) is 2.80. The van der Waals surface area contributed by atoms with Gasteiger partial charge in [-0.3, -0.25) is 14.4 Å². The van der Waals surface area contributed by atoms with Gasteiger partial charge in [-0.15, -0.1) is 0 Å². The van der Waals surface area contributed by atoms with Crippen molar-refractivity contribution in [3.05, 3.63) is 71.8 Å². The van der Waals surface area contributed by atoms with Gasteiger partial charge in [0.15, 0.2) is 0 Å². The fourth-order valence-corrected chi connectivity index (χ4v) is 3.08. The number of benzene rings is 2. The summed E-state index contributed by atoms with van der Waals surface area (Å²) < 4.78 is 0. The van der Waals surface area contributed by atoms with Gasteiger partial charge in [0.25, 0.3) is 5.91 Å². The standard InChI is InChI=1S/C25H31N3O4/c1-17(2)22(16-29)28-23(30)18(3)26-25(32)21(15-14-19-10-6-4-7-11-19)27-24(31)20-12-8-5-9-13-20/h4-13,16-18,21-22H,14-15H2,1-3H3,(H,26,32)(H,27,31)(H,28,30)/t18-,21+,22+/m0/s1. The minimum atomic E-state index is -0.864. The zero-order valence-corrected chi connectivity index (χ0v) is 18.7. The Balaban J connectivity index is 2.07. The molecule has 0 bridgehead atoms. The van der Waals surface area contributed by atoms with Crippen LogP contribution in [0.25, 0.3) is 0 Å². The highest BCUT2D eigenvalue weighted by molar-refractivity contribution is 5.98. The van der Waals surface area contributed by atoms with Gasteiger partial charge in [-0.25, -0.2) is 0 Å². The lowest BCUT2D eigenvalue weighted by atomic mass is 10.0. The monoisotopic (exact) mass is 437 g/mol. The Kier molecular flexibility index (Phi) is 9.60. The van der Waals surface area contributed by atoms with E-state index in [0.29, 0.717) is 24.7 Å². The lowest BCUT2D eigenvalue weighted by Crippen LogP contribution is -2.54. The quantitative estimate of drug-likeness (QED) is 0.469. The summed E-state index contributed by atoms with van der Waals surface area (Å²) in [6.07, 6.45) is 1.63. The van der Waals surface area contributed by atoms with E-state index in [9.17, 15) is 19.2 Å². The minimum Gasteiger partial charge on any atom is -0.345 e. The molecule has 3 amide bonds. The van der Waals surface area contributed by atoms with Crippen LogP contribution in [0.2, 0.25) is 0 Å². The predicted molar refractivity (Wildman–Crippen MR) is 123 cm³/mol. The number of aryl methyl sites for hydroxylation is 1. The summed E-state index contributed by atoms with van der Waals surface area (Å²) in [5.41, 5.74) is 1.48. The molecule has 0 aliphatic carbocycles. The Morgan fingerprint density at radius 2 is 1.41 bits per heavy atom. The molecule has 2 aromatic rings. The number of hydrogen-bond acceptors (Lipinski definition) is 4. The molecule has 3 atom stereocenters. The molecular weight excluding hydrogens is 406 g/mol. The van der Waals surface area contributed by atoms with E-state index in [2.05, 4.69) is 16.0 Å². The van der Waals surface area contributed by atoms with Gasteiger partial charge in [0.05, 0.1) is 6.04 Å². The molecule has 0 saturated heterocycles. The van der Waals surface area contributed by atoms with Gasteiger partial charge >= 0.3 is 0 Å². The Labute approximate surface area is 189 Å². The van der Waals surface area contributed by atoms with Crippen LogP contribution in [-0.4, -0.2) is 42.1 Å². The third-order valence-corrected chi connectivity index (χ3v) is 5.15. The van der Waals surface area contributed by atoms with Crippen molar-refractivity contribution in [3.63, 3.8) is 0 Å². The molecule has 2 rings (SSSR count). The number of aldehydes is 1. The summed E-state index contributed by atoms with van der Waals surface area (Å²) in [7, 11) is 0. The minimum absolute atomic E-state index is 0.0665. The molecule has 0 unspecified atom stereocenters. The topological polar surface area (TPSA) is 104 Å². The number of nitrogens with one attached hydrogen (secondary N) is 3. The number of rotatable bonds is 11. The van der Waals surface area contributed by atoms with Crippen LogP contribution in [0.3, 0.4) is 0 Å². The van der Waals surface area contributed by atoms with Crippen molar-refractivity contribution in [1.29, 1.82) is 0 Å². The normalized spacial score (nSPS) is 13.5. The highest BCUT2D eigenvalue weighted by atomic mass is 16.2. The van der Waals surface area contributed by atoms with E-state index in [4.69, 9.17) is 0 Å². The summed E-state index contributed by atoms with van der Waals surface area (Å²) in [5, 5.41) is 8.06. The molecule has 32 heavy (non-hydrogen) atoms. The molecule has 0 saturated carbocycles. The van der Waals surface area contributed by atoms with E-state index in [0.717, 1.165) is 5.56 Å². The number of amides is 3. The van der Waals surface area contributed by atoms with Crippen LogP contribution in [0.5, 0.6) is 0 Å². The molecule has 3 N–H and O–H groups in total. The summed E-state index contributed by atoms with van der Waals surface area (Å²) in [6.45, 7) is 5.19. The van der Waals surface area contributed by atoms with Crippen molar-refractivity contribution < 1.29 is 19.2 Å². The number of carbonyl (C=O) groups is 4. The Morgan fingerprint density at radius 1 is 0.812 bits per heavy atom. The first kappa shape index (κ1) is 24.8. The molecule has 0 spiro atoms. The maximum atomic E-state index is 13.0. The molecular formula is C25H31N3O4. The first-order chi connectivity index (χ1) is 15.3. The molecule has 0 aliphatic heterocycles. The Morgan fingerprint density at radius 3 is 1.97 bits per heavy atom. The Hall–Kier alpha value is -3.48. The van der Waals surface area contributed by atoms with Crippen LogP contribution < -0.4 is 16.0 Å². The second kappa shape index (κ2) is 12.4. The predicted octanol–water partition coefficient (Wildman–Crippen LogP) is 2.26. The van der Waals surface area contributed by atoms with E-state index in [-0.39, 0.29) is 11.8 Å². The van der Waals surface area contributed by atoms with Crippen LogP contribution in [-0.2, 0) is 20.8 Å². The molecule has 170 valence electrons. The van der Waals surface area contributed by atoms with Crippen molar-refractivity contribution in [1.82, 2.24) is 16.0 Å². The van der Waals surface area contributed by atoms with Gasteiger partial charge in [0.2, 0.25) is 11.8 Å². The van der Waals surface area contributed by atoms with Gasteiger partial charge in [-0.05, 0) is 43.4 Å². The van der Waals surface area contributed by atoms with E-state index in [1.165, 1.54) is 0 Å². The SMILES string of the molecule is CC(C)[C@@H](C=O)NC(=O)[C@H](C)NC(=O)[C@@H](CCc1ccccc1)NC(=O)c1ccccc1. The van der Waals surface area contributed by atoms with Crippen LogP contribution in [0.4, 0.5) is 0 Å². The summed E-state index contributed by atoms with van der Waals surface area (Å²) >= 11 is 0. The lowest BCUT2D eigenvalue weighted by molar-refractivity contribution is -0.130. The summed E-state index contributed by atoms with van der Waals surface area (Å²) in [6, 6.07) is 16.0. The zero-order valence-electron chi connectivity index (χ0n) is 18.7. The molecule has 7 heteroatoms. The van der Waals surface area contributed by atoms with Gasteiger partial charge in [-0.1, -0.05) is 62.4 Å². The molecule has 0 aromatic heterocycles. The maximum Gasteiger partial charge on any atom is 0.251 e. The highest BCUT2D eigenvalue weighted by Crippen LogP contribution is 2.08. The van der Waals surface area contributed by atoms with Crippen molar-refractivity contribution in [2.24, 2.45) is 5.92 Å². The molecule has 0 aliphatic rings. The lowest BCUT2D eigenvalue weighted by Gasteiger charge is -2.23. The number of carbonyl (C=O) groups excluding carboxylic acids is 4.